The SMILES string of the molecule is Cc1cc(N2CCCC2)c(F)cc1C=C(C#N)c1cccc(Cl)c1. The summed E-state index contributed by atoms with van der Waals surface area (Å²) < 4.78 is 14.5. The van der Waals surface area contributed by atoms with E-state index in [0.717, 1.165) is 37.1 Å². The first-order valence-corrected chi connectivity index (χ1v) is 8.39. The summed E-state index contributed by atoms with van der Waals surface area (Å²) in [6.07, 6.45) is 3.93. The lowest BCUT2D eigenvalue weighted by molar-refractivity contribution is 0.622. The van der Waals surface area contributed by atoms with Gasteiger partial charge in [0.2, 0.25) is 0 Å². The highest BCUT2D eigenvalue weighted by Crippen LogP contribution is 2.29. The zero-order chi connectivity index (χ0) is 17.1. The van der Waals surface area contributed by atoms with E-state index in [2.05, 4.69) is 11.0 Å². The van der Waals surface area contributed by atoms with Gasteiger partial charge in [-0.25, -0.2) is 4.39 Å². The van der Waals surface area contributed by atoms with Crippen molar-refractivity contribution in [3.8, 4) is 6.07 Å². The van der Waals surface area contributed by atoms with Crippen LogP contribution >= 0.6 is 11.6 Å². The Hall–Kier alpha value is -2.31. The molecule has 4 heteroatoms. The lowest BCUT2D eigenvalue weighted by Gasteiger charge is -2.19. The molecular formula is C20H18ClFN2. The van der Waals surface area contributed by atoms with Crippen LogP contribution in [0, 0.1) is 24.1 Å². The van der Waals surface area contributed by atoms with E-state index < -0.39 is 0 Å². The monoisotopic (exact) mass is 340 g/mol. The molecule has 0 atom stereocenters. The molecule has 3 rings (SSSR count). The van der Waals surface area contributed by atoms with Gasteiger partial charge in [0.25, 0.3) is 0 Å². The van der Waals surface area contributed by atoms with E-state index in [4.69, 9.17) is 11.6 Å². The average Bonchev–Trinajstić information content (AvgIpc) is 3.09. The second kappa shape index (κ2) is 7.07. The highest BCUT2D eigenvalue weighted by atomic mass is 35.5. The van der Waals surface area contributed by atoms with Crippen molar-refractivity contribution in [1.82, 2.24) is 0 Å². The molecule has 0 aliphatic carbocycles. The van der Waals surface area contributed by atoms with Crippen LogP contribution in [0.4, 0.5) is 10.1 Å². The molecule has 24 heavy (non-hydrogen) atoms. The lowest BCUT2D eigenvalue weighted by Crippen LogP contribution is -2.19. The van der Waals surface area contributed by atoms with Crippen LogP contribution in [-0.4, -0.2) is 13.1 Å². The number of nitriles is 1. The third kappa shape index (κ3) is 3.44. The van der Waals surface area contributed by atoms with E-state index in [-0.39, 0.29) is 5.82 Å². The Morgan fingerprint density at radius 2 is 2.00 bits per heavy atom. The van der Waals surface area contributed by atoms with Crippen molar-refractivity contribution in [2.24, 2.45) is 0 Å². The first-order chi connectivity index (χ1) is 11.6. The number of halogens is 2. The maximum absolute atomic E-state index is 14.5. The first-order valence-electron chi connectivity index (χ1n) is 8.01. The molecular weight excluding hydrogens is 323 g/mol. The topological polar surface area (TPSA) is 27.0 Å². The van der Waals surface area contributed by atoms with Gasteiger partial charge in [0.1, 0.15) is 5.82 Å². The van der Waals surface area contributed by atoms with Crippen molar-refractivity contribution >= 4 is 28.9 Å². The standard InChI is InChI=1S/C20H18ClFN2/c1-14-9-20(24-7-2-3-8-24)19(22)12-16(14)10-17(13-23)15-5-4-6-18(21)11-15/h4-6,9-12H,2-3,7-8H2,1H3. The van der Waals surface area contributed by atoms with Gasteiger partial charge in [-0.2, -0.15) is 5.26 Å². The zero-order valence-corrected chi connectivity index (χ0v) is 14.3. The van der Waals surface area contributed by atoms with E-state index >= 15 is 0 Å². The molecule has 0 unspecified atom stereocenters. The molecule has 1 aliphatic rings. The van der Waals surface area contributed by atoms with Gasteiger partial charge in [-0.15, -0.1) is 0 Å². The van der Waals surface area contributed by atoms with Crippen molar-refractivity contribution in [3.05, 3.63) is 63.9 Å². The summed E-state index contributed by atoms with van der Waals surface area (Å²) in [5.74, 6) is -0.239. The lowest BCUT2D eigenvalue weighted by atomic mass is 10.0. The van der Waals surface area contributed by atoms with Crippen molar-refractivity contribution in [2.45, 2.75) is 19.8 Å². The molecule has 2 nitrogen and oxygen atoms in total. The Kier molecular flexibility index (Phi) is 4.87. The number of hydrogen-bond acceptors (Lipinski definition) is 2. The van der Waals surface area contributed by atoms with E-state index in [1.54, 1.807) is 24.3 Å². The summed E-state index contributed by atoms with van der Waals surface area (Å²) in [5, 5.41) is 10.0. The highest BCUT2D eigenvalue weighted by Gasteiger charge is 2.17. The van der Waals surface area contributed by atoms with Crippen molar-refractivity contribution in [3.63, 3.8) is 0 Å². The minimum absolute atomic E-state index is 0.239. The smallest absolute Gasteiger partial charge is 0.147 e. The summed E-state index contributed by atoms with van der Waals surface area (Å²) >= 11 is 6.00. The quantitative estimate of drug-likeness (QED) is 0.548. The molecule has 1 heterocycles. The Morgan fingerprint density at radius 1 is 1.25 bits per heavy atom. The van der Waals surface area contributed by atoms with Gasteiger partial charge in [0, 0.05) is 18.1 Å². The van der Waals surface area contributed by atoms with Gasteiger partial charge in [-0.3, -0.25) is 0 Å². The predicted molar refractivity (Wildman–Crippen MR) is 97.5 cm³/mol. The van der Waals surface area contributed by atoms with Gasteiger partial charge < -0.3 is 4.90 Å². The zero-order valence-electron chi connectivity index (χ0n) is 13.5. The summed E-state index contributed by atoms with van der Waals surface area (Å²) in [7, 11) is 0. The largest absolute Gasteiger partial charge is 0.369 e. The van der Waals surface area contributed by atoms with Crippen LogP contribution in [0.2, 0.25) is 5.02 Å². The maximum atomic E-state index is 14.5. The average molecular weight is 341 g/mol. The molecule has 2 aromatic carbocycles. The molecule has 0 radical (unpaired) electrons. The number of hydrogen-bond donors (Lipinski definition) is 0. The van der Waals surface area contributed by atoms with Crippen LogP contribution in [0.5, 0.6) is 0 Å². The van der Waals surface area contributed by atoms with Crippen LogP contribution in [0.25, 0.3) is 11.6 Å². The number of anilines is 1. The number of allylic oxidation sites excluding steroid dienone is 1. The molecule has 0 N–H and O–H groups in total. The number of rotatable bonds is 3. The Labute approximate surface area is 146 Å². The third-order valence-electron chi connectivity index (χ3n) is 4.34. The van der Waals surface area contributed by atoms with Crippen LogP contribution in [0.15, 0.2) is 36.4 Å². The molecule has 0 saturated carbocycles. The number of benzene rings is 2. The van der Waals surface area contributed by atoms with E-state index in [0.29, 0.717) is 21.8 Å². The second-order valence-electron chi connectivity index (χ2n) is 6.03. The predicted octanol–water partition coefficient (Wildman–Crippen LogP) is 5.45. The second-order valence-corrected chi connectivity index (χ2v) is 6.47. The van der Waals surface area contributed by atoms with E-state index in [1.807, 2.05) is 19.1 Å². The van der Waals surface area contributed by atoms with Crippen molar-refractivity contribution in [1.29, 1.82) is 5.26 Å². The summed E-state index contributed by atoms with van der Waals surface area (Å²) in [6.45, 7) is 3.74. The van der Waals surface area contributed by atoms with Crippen LogP contribution in [-0.2, 0) is 0 Å². The molecule has 122 valence electrons. The fourth-order valence-corrected chi connectivity index (χ4v) is 3.22. The fraction of sp³-hybridized carbons (Fsp3) is 0.250. The molecule has 0 aromatic heterocycles. The van der Waals surface area contributed by atoms with Gasteiger partial charge >= 0.3 is 0 Å². The van der Waals surface area contributed by atoms with Crippen molar-refractivity contribution < 1.29 is 4.39 Å². The molecule has 1 saturated heterocycles. The fourth-order valence-electron chi connectivity index (χ4n) is 3.03. The molecule has 0 spiro atoms. The van der Waals surface area contributed by atoms with Crippen LogP contribution < -0.4 is 4.90 Å². The van der Waals surface area contributed by atoms with E-state index in [9.17, 15) is 9.65 Å². The normalized spacial score (nSPS) is 14.8. The summed E-state index contributed by atoms with van der Waals surface area (Å²) in [4.78, 5) is 2.08. The van der Waals surface area contributed by atoms with Gasteiger partial charge in [-0.05, 0) is 66.8 Å². The summed E-state index contributed by atoms with van der Waals surface area (Å²) in [6, 6.07) is 12.7. The Bertz CT molecular complexity index is 830. The maximum Gasteiger partial charge on any atom is 0.147 e. The minimum Gasteiger partial charge on any atom is -0.369 e. The molecule has 1 fully saturated rings. The molecule has 1 aliphatic heterocycles. The summed E-state index contributed by atoms with van der Waals surface area (Å²) in [5.41, 5.74) is 3.52. The first kappa shape index (κ1) is 16.5. The van der Waals surface area contributed by atoms with E-state index in [1.165, 1.54) is 6.07 Å². The molecule has 2 aromatic rings. The van der Waals surface area contributed by atoms with Gasteiger partial charge in [0.15, 0.2) is 0 Å². The third-order valence-corrected chi connectivity index (χ3v) is 4.57. The van der Waals surface area contributed by atoms with Crippen LogP contribution in [0.3, 0.4) is 0 Å². The molecule has 0 amide bonds. The van der Waals surface area contributed by atoms with Gasteiger partial charge in [-0.1, -0.05) is 23.7 Å². The highest BCUT2D eigenvalue weighted by molar-refractivity contribution is 6.30. The number of aryl methyl sites for hydroxylation is 1. The molecule has 0 bridgehead atoms. The minimum atomic E-state index is -0.239. The Balaban J connectivity index is 1.99. The van der Waals surface area contributed by atoms with Gasteiger partial charge in [0.05, 0.1) is 17.3 Å². The Morgan fingerprint density at radius 3 is 2.67 bits per heavy atom. The number of nitrogens with zero attached hydrogens (tertiary/aromatic N) is 2. The van der Waals surface area contributed by atoms with Crippen LogP contribution in [0.1, 0.15) is 29.5 Å². The van der Waals surface area contributed by atoms with Crippen molar-refractivity contribution in [2.75, 3.05) is 18.0 Å².